The van der Waals surface area contributed by atoms with Crippen molar-refractivity contribution in [2.24, 2.45) is 5.92 Å². The summed E-state index contributed by atoms with van der Waals surface area (Å²) < 4.78 is 0. The number of hydrogen-bond acceptors (Lipinski definition) is 3. The molecule has 5 nitrogen and oxygen atoms in total. The van der Waals surface area contributed by atoms with Gasteiger partial charge in [-0.15, -0.1) is 0 Å². The van der Waals surface area contributed by atoms with Crippen molar-refractivity contribution >= 4 is 11.9 Å². The van der Waals surface area contributed by atoms with Gasteiger partial charge >= 0.3 is 5.97 Å². The second-order valence-electron chi connectivity index (χ2n) is 4.81. The fourth-order valence-electron chi connectivity index (χ4n) is 2.30. The van der Waals surface area contributed by atoms with Crippen LogP contribution in [0, 0.1) is 5.92 Å². The Morgan fingerprint density at radius 1 is 1.37 bits per heavy atom. The molecule has 1 aromatic carbocycles. The van der Waals surface area contributed by atoms with Gasteiger partial charge in [-0.1, -0.05) is 30.3 Å². The van der Waals surface area contributed by atoms with Crippen LogP contribution in [0.2, 0.25) is 0 Å². The Balaban J connectivity index is 1.97. The van der Waals surface area contributed by atoms with Gasteiger partial charge in [0.05, 0.1) is 0 Å². The SMILES string of the molecule is O=C(CC1CCNC1)N[C@H](C(=O)O)c1ccccc1. The molecule has 1 aliphatic heterocycles. The van der Waals surface area contributed by atoms with Gasteiger partial charge in [0.1, 0.15) is 0 Å². The minimum Gasteiger partial charge on any atom is -0.479 e. The van der Waals surface area contributed by atoms with Crippen LogP contribution in [0.5, 0.6) is 0 Å². The molecule has 0 aliphatic carbocycles. The minimum absolute atomic E-state index is 0.204. The quantitative estimate of drug-likeness (QED) is 0.737. The molecule has 1 amide bonds. The van der Waals surface area contributed by atoms with Gasteiger partial charge in [0.25, 0.3) is 0 Å². The molecule has 1 heterocycles. The third-order valence-electron chi connectivity index (χ3n) is 3.32. The number of nitrogens with one attached hydrogen (secondary N) is 2. The van der Waals surface area contributed by atoms with Crippen LogP contribution in [0.1, 0.15) is 24.4 Å². The highest BCUT2D eigenvalue weighted by Gasteiger charge is 2.24. The van der Waals surface area contributed by atoms with Crippen LogP contribution in [0.3, 0.4) is 0 Å². The van der Waals surface area contributed by atoms with Crippen molar-refractivity contribution < 1.29 is 14.7 Å². The van der Waals surface area contributed by atoms with Crippen molar-refractivity contribution in [3.63, 3.8) is 0 Å². The van der Waals surface area contributed by atoms with Gasteiger partial charge in [-0.25, -0.2) is 4.79 Å². The van der Waals surface area contributed by atoms with Crippen molar-refractivity contribution in [1.29, 1.82) is 0 Å². The van der Waals surface area contributed by atoms with Gasteiger partial charge in [-0.2, -0.15) is 0 Å². The fraction of sp³-hybridized carbons (Fsp3) is 0.429. The predicted molar refractivity (Wildman–Crippen MR) is 70.6 cm³/mol. The van der Waals surface area contributed by atoms with E-state index in [2.05, 4.69) is 10.6 Å². The lowest BCUT2D eigenvalue weighted by molar-refractivity contribution is -0.142. The molecule has 0 bridgehead atoms. The number of amides is 1. The van der Waals surface area contributed by atoms with E-state index >= 15 is 0 Å². The maximum Gasteiger partial charge on any atom is 0.330 e. The Hall–Kier alpha value is -1.88. The lowest BCUT2D eigenvalue weighted by Crippen LogP contribution is -2.34. The molecule has 0 saturated carbocycles. The third-order valence-corrected chi connectivity index (χ3v) is 3.32. The van der Waals surface area contributed by atoms with E-state index in [1.807, 2.05) is 6.07 Å². The first-order chi connectivity index (χ1) is 9.16. The zero-order valence-electron chi connectivity index (χ0n) is 10.6. The zero-order chi connectivity index (χ0) is 13.7. The summed E-state index contributed by atoms with van der Waals surface area (Å²) >= 11 is 0. The minimum atomic E-state index is -1.04. The van der Waals surface area contributed by atoms with Crippen LogP contribution in [-0.4, -0.2) is 30.1 Å². The molecule has 1 unspecified atom stereocenters. The van der Waals surface area contributed by atoms with Crippen LogP contribution in [0.15, 0.2) is 30.3 Å². The number of benzene rings is 1. The molecule has 2 atom stereocenters. The molecule has 3 N–H and O–H groups in total. The van der Waals surface area contributed by atoms with Crippen LogP contribution >= 0.6 is 0 Å². The van der Waals surface area contributed by atoms with Gasteiger partial charge in [0.15, 0.2) is 6.04 Å². The Labute approximate surface area is 112 Å². The van der Waals surface area contributed by atoms with E-state index in [9.17, 15) is 14.7 Å². The Morgan fingerprint density at radius 3 is 2.68 bits per heavy atom. The smallest absolute Gasteiger partial charge is 0.330 e. The van der Waals surface area contributed by atoms with Gasteiger partial charge in [0, 0.05) is 6.42 Å². The van der Waals surface area contributed by atoms with Crippen molar-refractivity contribution in [2.75, 3.05) is 13.1 Å². The molecule has 1 aliphatic rings. The van der Waals surface area contributed by atoms with E-state index in [0.29, 0.717) is 17.9 Å². The summed E-state index contributed by atoms with van der Waals surface area (Å²) in [5, 5.41) is 15.0. The van der Waals surface area contributed by atoms with Crippen molar-refractivity contribution in [3.05, 3.63) is 35.9 Å². The van der Waals surface area contributed by atoms with E-state index < -0.39 is 12.0 Å². The molecule has 0 radical (unpaired) electrons. The number of rotatable bonds is 5. The monoisotopic (exact) mass is 262 g/mol. The molecule has 0 aromatic heterocycles. The molecule has 5 heteroatoms. The van der Waals surface area contributed by atoms with Crippen molar-refractivity contribution in [2.45, 2.75) is 18.9 Å². The second-order valence-corrected chi connectivity index (χ2v) is 4.81. The maximum atomic E-state index is 11.9. The predicted octanol–water partition coefficient (Wildman–Crippen LogP) is 0.928. The highest BCUT2D eigenvalue weighted by atomic mass is 16.4. The van der Waals surface area contributed by atoms with Crippen LogP contribution < -0.4 is 10.6 Å². The standard InChI is InChI=1S/C14H18N2O3/c17-12(8-10-6-7-15-9-10)16-13(14(18)19)11-4-2-1-3-5-11/h1-5,10,13,15H,6-9H2,(H,16,17)(H,18,19)/t10?,13-/m0/s1. The van der Waals surface area contributed by atoms with Crippen LogP contribution in [-0.2, 0) is 9.59 Å². The third kappa shape index (κ3) is 3.79. The maximum absolute atomic E-state index is 11.9. The fourth-order valence-corrected chi connectivity index (χ4v) is 2.30. The van der Waals surface area contributed by atoms with Gasteiger partial charge in [-0.3, -0.25) is 4.79 Å². The summed E-state index contributed by atoms with van der Waals surface area (Å²) in [4.78, 5) is 23.1. The van der Waals surface area contributed by atoms with Gasteiger partial charge < -0.3 is 15.7 Å². The molecule has 19 heavy (non-hydrogen) atoms. The van der Waals surface area contributed by atoms with E-state index in [1.165, 1.54) is 0 Å². The summed E-state index contributed by atoms with van der Waals surface area (Å²) in [6, 6.07) is 7.78. The highest BCUT2D eigenvalue weighted by molar-refractivity contribution is 5.84. The van der Waals surface area contributed by atoms with Crippen molar-refractivity contribution in [3.8, 4) is 0 Å². The van der Waals surface area contributed by atoms with E-state index in [0.717, 1.165) is 19.5 Å². The normalized spacial score (nSPS) is 19.9. The van der Waals surface area contributed by atoms with E-state index in [-0.39, 0.29) is 5.91 Å². The van der Waals surface area contributed by atoms with E-state index in [1.54, 1.807) is 24.3 Å². The molecule has 102 valence electrons. The number of hydrogen-bond donors (Lipinski definition) is 3. The highest BCUT2D eigenvalue weighted by Crippen LogP contribution is 2.16. The average molecular weight is 262 g/mol. The number of aliphatic carboxylic acids is 1. The topological polar surface area (TPSA) is 78.4 Å². The van der Waals surface area contributed by atoms with Crippen LogP contribution in [0.25, 0.3) is 0 Å². The molecule has 0 spiro atoms. The Morgan fingerprint density at radius 2 is 2.11 bits per heavy atom. The van der Waals surface area contributed by atoms with Crippen molar-refractivity contribution in [1.82, 2.24) is 10.6 Å². The molecular formula is C14H18N2O3. The summed E-state index contributed by atoms with van der Waals surface area (Å²) in [7, 11) is 0. The zero-order valence-corrected chi connectivity index (χ0v) is 10.6. The summed E-state index contributed by atoms with van der Waals surface area (Å²) in [5.41, 5.74) is 0.591. The molecule has 2 rings (SSSR count). The first kappa shape index (κ1) is 13.5. The van der Waals surface area contributed by atoms with Gasteiger partial charge in [-0.05, 0) is 31.0 Å². The van der Waals surface area contributed by atoms with Crippen LogP contribution in [0.4, 0.5) is 0 Å². The Bertz CT molecular complexity index is 441. The summed E-state index contributed by atoms with van der Waals surface area (Å²) in [5.74, 6) is -0.931. The number of carboxylic acid groups (broad SMARTS) is 1. The summed E-state index contributed by atoms with van der Waals surface area (Å²) in [6.07, 6.45) is 1.35. The average Bonchev–Trinajstić information content (AvgIpc) is 2.89. The first-order valence-electron chi connectivity index (χ1n) is 6.44. The number of carboxylic acids is 1. The largest absolute Gasteiger partial charge is 0.479 e. The van der Waals surface area contributed by atoms with E-state index in [4.69, 9.17) is 0 Å². The molecule has 1 aromatic rings. The summed E-state index contributed by atoms with van der Waals surface area (Å²) in [6.45, 7) is 1.76. The Kier molecular flexibility index (Phi) is 4.52. The lowest BCUT2D eigenvalue weighted by atomic mass is 10.0. The molecule has 1 fully saturated rings. The first-order valence-corrected chi connectivity index (χ1v) is 6.44. The molecule has 1 saturated heterocycles. The lowest BCUT2D eigenvalue weighted by Gasteiger charge is -2.16. The number of carbonyl (C=O) groups is 2. The van der Waals surface area contributed by atoms with Gasteiger partial charge in [0.2, 0.25) is 5.91 Å². The second kappa shape index (κ2) is 6.33. The molecular weight excluding hydrogens is 244 g/mol. The number of carbonyl (C=O) groups excluding carboxylic acids is 1.